The minimum absolute atomic E-state index is 0.118. The number of benzene rings is 3. The molecule has 1 atom stereocenters. The number of hydrogen-bond donors (Lipinski definition) is 2. The summed E-state index contributed by atoms with van der Waals surface area (Å²) in [4.78, 5) is 27.3. The van der Waals surface area contributed by atoms with E-state index in [9.17, 15) is 19.1 Å². The number of furan rings is 1. The van der Waals surface area contributed by atoms with Gasteiger partial charge in [-0.3, -0.25) is 9.59 Å². The van der Waals surface area contributed by atoms with Crippen LogP contribution in [0.4, 0.5) is 4.39 Å². The number of halogens is 1. The zero-order valence-corrected chi connectivity index (χ0v) is 18.5. The topological polar surface area (TPSA) is 82.8 Å². The van der Waals surface area contributed by atoms with E-state index in [0.29, 0.717) is 52.9 Å². The number of nitrogens with one attached hydrogen (secondary N) is 1. The minimum Gasteiger partial charge on any atom is -0.455 e. The fraction of sp³-hybridized carbons (Fsp3) is 0.185. The molecule has 3 aromatic carbocycles. The van der Waals surface area contributed by atoms with Crippen LogP contribution in [0.15, 0.2) is 71.1 Å². The van der Waals surface area contributed by atoms with Crippen LogP contribution in [0.1, 0.15) is 27.1 Å². The molecule has 0 aliphatic carbocycles. The first-order valence-corrected chi connectivity index (χ1v) is 11.1. The third-order valence-corrected chi connectivity index (χ3v) is 6.14. The second-order valence-corrected chi connectivity index (χ2v) is 8.38. The molecular weight excluding hydrogens is 435 g/mol. The maximum Gasteiger partial charge on any atom is 0.255 e. The lowest BCUT2D eigenvalue weighted by Crippen LogP contribution is -2.29. The average molecular weight is 458 g/mol. The van der Waals surface area contributed by atoms with Gasteiger partial charge in [0.15, 0.2) is 0 Å². The molecule has 2 heterocycles. The Morgan fingerprint density at radius 3 is 2.47 bits per heavy atom. The van der Waals surface area contributed by atoms with Crippen molar-refractivity contribution in [1.29, 1.82) is 0 Å². The first-order chi connectivity index (χ1) is 16.4. The number of amides is 2. The van der Waals surface area contributed by atoms with Gasteiger partial charge in [-0.25, -0.2) is 4.39 Å². The van der Waals surface area contributed by atoms with E-state index in [-0.39, 0.29) is 17.6 Å². The maximum atomic E-state index is 13.4. The van der Waals surface area contributed by atoms with Crippen molar-refractivity contribution in [3.05, 3.63) is 83.7 Å². The quantitative estimate of drug-likeness (QED) is 0.473. The first kappa shape index (κ1) is 21.9. The number of β-amino-alcohol motifs (C(OH)–C–C–N with tert-alkyl or cyclic N) is 1. The molecule has 34 heavy (non-hydrogen) atoms. The van der Waals surface area contributed by atoms with E-state index in [0.717, 1.165) is 11.1 Å². The molecule has 0 spiro atoms. The van der Waals surface area contributed by atoms with E-state index in [2.05, 4.69) is 5.32 Å². The summed E-state index contributed by atoms with van der Waals surface area (Å²) in [5, 5.41) is 13.0. The molecule has 0 unspecified atom stereocenters. The highest BCUT2D eigenvalue weighted by molar-refractivity contribution is 6.11. The number of rotatable bonds is 4. The Hall–Kier alpha value is -3.97. The number of fused-ring (bicyclic) bond motifs is 1. The molecule has 1 fully saturated rings. The summed E-state index contributed by atoms with van der Waals surface area (Å²) in [5.74, 6) is -0.441. The summed E-state index contributed by atoms with van der Waals surface area (Å²) in [7, 11) is 1.55. The van der Waals surface area contributed by atoms with E-state index < -0.39 is 6.10 Å². The molecule has 1 saturated heterocycles. The van der Waals surface area contributed by atoms with Gasteiger partial charge in [0, 0.05) is 36.7 Å². The van der Waals surface area contributed by atoms with Crippen LogP contribution in [0, 0.1) is 5.82 Å². The summed E-state index contributed by atoms with van der Waals surface area (Å²) in [6, 6.07) is 18.6. The highest BCUT2D eigenvalue weighted by atomic mass is 19.1. The van der Waals surface area contributed by atoms with E-state index in [1.165, 1.54) is 12.1 Å². The van der Waals surface area contributed by atoms with E-state index in [1.807, 2.05) is 30.3 Å². The minimum atomic E-state index is -0.478. The molecule has 1 aromatic heterocycles. The standard InChI is InChI=1S/C27H23FN2O4/c1-29-26(32)24-22-14-18(7-10-23(22)34-25(24)16-5-8-20(28)9-6-16)17-3-2-4-19(13-17)27(33)30-12-11-21(31)15-30/h2-10,13-14,21,31H,11-12,15H2,1H3,(H,29,32)/t21-/m1/s1. The predicted molar refractivity (Wildman–Crippen MR) is 127 cm³/mol. The van der Waals surface area contributed by atoms with E-state index in [4.69, 9.17) is 4.42 Å². The van der Waals surface area contributed by atoms with Gasteiger partial charge in [0.05, 0.1) is 11.7 Å². The second kappa shape index (κ2) is 8.76. The van der Waals surface area contributed by atoms with Crippen LogP contribution in [0.5, 0.6) is 0 Å². The van der Waals surface area contributed by atoms with Crippen LogP contribution in [-0.2, 0) is 0 Å². The van der Waals surface area contributed by atoms with Crippen molar-refractivity contribution in [2.45, 2.75) is 12.5 Å². The van der Waals surface area contributed by atoms with Gasteiger partial charge in [0.1, 0.15) is 17.2 Å². The smallest absolute Gasteiger partial charge is 0.255 e. The Labute approximate surface area is 195 Å². The molecule has 0 saturated carbocycles. The lowest BCUT2D eigenvalue weighted by molar-refractivity contribution is 0.0765. The number of hydrogen-bond acceptors (Lipinski definition) is 4. The van der Waals surface area contributed by atoms with Crippen LogP contribution in [0.3, 0.4) is 0 Å². The van der Waals surface area contributed by atoms with E-state index in [1.54, 1.807) is 36.2 Å². The van der Waals surface area contributed by atoms with Gasteiger partial charge >= 0.3 is 0 Å². The molecule has 6 nitrogen and oxygen atoms in total. The maximum absolute atomic E-state index is 13.4. The van der Waals surface area contributed by atoms with Crippen molar-refractivity contribution in [1.82, 2.24) is 10.2 Å². The van der Waals surface area contributed by atoms with Crippen molar-refractivity contribution in [2.24, 2.45) is 0 Å². The zero-order valence-electron chi connectivity index (χ0n) is 18.5. The third-order valence-electron chi connectivity index (χ3n) is 6.14. The summed E-state index contributed by atoms with van der Waals surface area (Å²) in [5.41, 5.74) is 3.67. The number of aliphatic hydroxyl groups is 1. The Balaban J connectivity index is 1.57. The normalized spacial score (nSPS) is 15.6. The molecule has 0 bridgehead atoms. The molecule has 5 rings (SSSR count). The zero-order chi connectivity index (χ0) is 23.8. The molecule has 2 amide bonds. The van der Waals surface area contributed by atoms with Gasteiger partial charge in [-0.15, -0.1) is 0 Å². The highest BCUT2D eigenvalue weighted by Gasteiger charge is 2.26. The van der Waals surface area contributed by atoms with Crippen LogP contribution in [0.25, 0.3) is 33.4 Å². The Kier molecular flexibility index (Phi) is 5.63. The molecule has 4 aromatic rings. The van der Waals surface area contributed by atoms with Crippen LogP contribution in [0.2, 0.25) is 0 Å². The molecule has 172 valence electrons. The number of aliphatic hydroxyl groups excluding tert-OH is 1. The van der Waals surface area contributed by atoms with Crippen molar-refractivity contribution in [2.75, 3.05) is 20.1 Å². The second-order valence-electron chi connectivity index (χ2n) is 8.38. The van der Waals surface area contributed by atoms with Gasteiger partial charge < -0.3 is 19.7 Å². The van der Waals surface area contributed by atoms with Crippen molar-refractivity contribution < 1.29 is 23.5 Å². The van der Waals surface area contributed by atoms with E-state index >= 15 is 0 Å². The summed E-state index contributed by atoms with van der Waals surface area (Å²) < 4.78 is 19.4. The predicted octanol–water partition coefficient (Wildman–Crippen LogP) is 4.47. The van der Waals surface area contributed by atoms with Gasteiger partial charge in [0.2, 0.25) is 0 Å². The number of carbonyl (C=O) groups excluding carboxylic acids is 2. The molecule has 1 aliphatic rings. The number of nitrogens with zero attached hydrogens (tertiary/aromatic N) is 1. The number of carbonyl (C=O) groups is 2. The average Bonchev–Trinajstić information content (AvgIpc) is 3.47. The Morgan fingerprint density at radius 2 is 1.76 bits per heavy atom. The lowest BCUT2D eigenvalue weighted by Gasteiger charge is -2.16. The summed E-state index contributed by atoms with van der Waals surface area (Å²) in [6.45, 7) is 0.874. The van der Waals surface area contributed by atoms with Crippen LogP contribution in [-0.4, -0.2) is 48.1 Å². The van der Waals surface area contributed by atoms with Gasteiger partial charge in [-0.05, 0) is 66.1 Å². The Bertz CT molecular complexity index is 1390. The first-order valence-electron chi connectivity index (χ1n) is 11.1. The molecule has 1 aliphatic heterocycles. The molecular formula is C27H23FN2O4. The van der Waals surface area contributed by atoms with Crippen LogP contribution >= 0.6 is 0 Å². The van der Waals surface area contributed by atoms with Crippen molar-refractivity contribution in [3.8, 4) is 22.5 Å². The van der Waals surface area contributed by atoms with Crippen molar-refractivity contribution in [3.63, 3.8) is 0 Å². The number of likely N-dealkylation sites (tertiary alicyclic amines) is 1. The molecule has 7 heteroatoms. The fourth-order valence-corrected chi connectivity index (χ4v) is 4.37. The molecule has 2 N–H and O–H groups in total. The van der Waals surface area contributed by atoms with Gasteiger partial charge in [-0.2, -0.15) is 0 Å². The highest BCUT2D eigenvalue weighted by Crippen LogP contribution is 2.36. The Morgan fingerprint density at radius 1 is 1.03 bits per heavy atom. The SMILES string of the molecule is CNC(=O)c1c(-c2ccc(F)cc2)oc2ccc(-c3cccc(C(=O)N4CC[C@@H](O)C4)c3)cc12. The van der Waals surface area contributed by atoms with Crippen molar-refractivity contribution >= 4 is 22.8 Å². The lowest BCUT2D eigenvalue weighted by atomic mass is 9.99. The largest absolute Gasteiger partial charge is 0.455 e. The van der Waals surface area contributed by atoms with Crippen LogP contribution < -0.4 is 5.32 Å². The third kappa shape index (κ3) is 3.95. The molecule has 0 radical (unpaired) electrons. The summed E-state index contributed by atoms with van der Waals surface area (Å²) >= 11 is 0. The monoisotopic (exact) mass is 458 g/mol. The van der Waals surface area contributed by atoms with Gasteiger partial charge in [0.25, 0.3) is 11.8 Å². The fourth-order valence-electron chi connectivity index (χ4n) is 4.37. The summed E-state index contributed by atoms with van der Waals surface area (Å²) in [6.07, 6.45) is 0.107. The van der Waals surface area contributed by atoms with Gasteiger partial charge in [-0.1, -0.05) is 18.2 Å².